The molecule has 4 rings (SSSR count). The van der Waals surface area contributed by atoms with E-state index in [1.165, 1.54) is 20.5 Å². The molecule has 3 aromatic rings. The number of nitrogens with zero attached hydrogens (tertiary/aromatic N) is 2. The molecule has 2 N–H and O–H groups in total. The Balaban J connectivity index is 2.01. The number of hydrogen-bond donors (Lipinski definition) is 1. The van der Waals surface area contributed by atoms with E-state index in [-0.39, 0.29) is 18.6 Å². The number of benzene rings is 1. The standard InChI is InChI=1S/C20H21N3O4S/c1-20(2)8-13-14(11-27-20)28-18-16(13)17(25)22(9-12-6-4-3-5-7-12)19(26)23(18)10-15(21)24/h3-7H,8-11H2,1-2H3,(H2,21,24). The monoisotopic (exact) mass is 399 g/mol. The quantitative estimate of drug-likeness (QED) is 0.721. The lowest BCUT2D eigenvalue weighted by Crippen LogP contribution is -2.42. The third-order valence-electron chi connectivity index (χ3n) is 4.93. The molecule has 146 valence electrons. The number of nitrogens with two attached hydrogens (primary N) is 1. The fraction of sp³-hybridized carbons (Fsp3) is 0.350. The van der Waals surface area contributed by atoms with E-state index < -0.39 is 17.2 Å². The first-order valence-corrected chi connectivity index (χ1v) is 9.82. The summed E-state index contributed by atoms with van der Waals surface area (Å²) in [5, 5.41) is 0.494. The number of primary amides is 1. The van der Waals surface area contributed by atoms with Crippen LogP contribution in [0.5, 0.6) is 0 Å². The van der Waals surface area contributed by atoms with Gasteiger partial charge in [-0.2, -0.15) is 0 Å². The molecule has 0 saturated heterocycles. The van der Waals surface area contributed by atoms with Crippen molar-refractivity contribution in [3.8, 4) is 0 Å². The zero-order valence-electron chi connectivity index (χ0n) is 15.7. The summed E-state index contributed by atoms with van der Waals surface area (Å²) in [5.41, 5.74) is 5.86. The van der Waals surface area contributed by atoms with Gasteiger partial charge >= 0.3 is 5.69 Å². The highest BCUT2D eigenvalue weighted by Gasteiger charge is 2.32. The molecular formula is C20H21N3O4S. The van der Waals surface area contributed by atoms with Crippen LogP contribution in [0.2, 0.25) is 0 Å². The number of hydrogen-bond acceptors (Lipinski definition) is 5. The van der Waals surface area contributed by atoms with Crippen LogP contribution in [0.15, 0.2) is 39.9 Å². The Morgan fingerprint density at radius 2 is 1.93 bits per heavy atom. The van der Waals surface area contributed by atoms with E-state index in [2.05, 4.69) is 0 Å². The van der Waals surface area contributed by atoms with Crippen LogP contribution < -0.4 is 17.0 Å². The SMILES string of the molecule is CC1(C)Cc2c(sc3c2c(=O)n(Cc2ccccc2)c(=O)n3CC(N)=O)CO1. The smallest absolute Gasteiger partial charge is 0.332 e. The van der Waals surface area contributed by atoms with Crippen LogP contribution in [0.3, 0.4) is 0 Å². The summed E-state index contributed by atoms with van der Waals surface area (Å²) in [6.07, 6.45) is 0.567. The Hall–Kier alpha value is -2.71. The first-order valence-electron chi connectivity index (χ1n) is 9.01. The van der Waals surface area contributed by atoms with Gasteiger partial charge in [0.15, 0.2) is 0 Å². The van der Waals surface area contributed by atoms with E-state index in [1.54, 1.807) is 0 Å². The van der Waals surface area contributed by atoms with Gasteiger partial charge in [-0.05, 0) is 25.0 Å². The van der Waals surface area contributed by atoms with Crippen molar-refractivity contribution in [2.24, 2.45) is 5.73 Å². The Morgan fingerprint density at radius 1 is 1.21 bits per heavy atom. The number of fused-ring (bicyclic) bond motifs is 3. The molecule has 0 aliphatic carbocycles. The van der Waals surface area contributed by atoms with E-state index in [0.29, 0.717) is 23.2 Å². The maximum absolute atomic E-state index is 13.3. The molecule has 8 heteroatoms. The fourth-order valence-corrected chi connectivity index (χ4v) is 4.82. The molecule has 28 heavy (non-hydrogen) atoms. The minimum atomic E-state index is -0.628. The molecule has 0 saturated carbocycles. The molecule has 3 heterocycles. The molecule has 0 spiro atoms. The normalized spacial score (nSPS) is 15.5. The minimum absolute atomic E-state index is 0.137. The van der Waals surface area contributed by atoms with Crippen LogP contribution in [-0.2, 0) is 35.6 Å². The van der Waals surface area contributed by atoms with Crippen molar-refractivity contribution in [3.05, 3.63) is 67.2 Å². The Kier molecular flexibility index (Phi) is 4.47. The van der Waals surface area contributed by atoms with Crippen LogP contribution in [-0.4, -0.2) is 20.6 Å². The number of carbonyl (C=O) groups excluding carboxylic acids is 1. The van der Waals surface area contributed by atoms with E-state index in [4.69, 9.17) is 10.5 Å². The van der Waals surface area contributed by atoms with Crippen molar-refractivity contribution in [2.75, 3.05) is 0 Å². The van der Waals surface area contributed by atoms with Gasteiger partial charge < -0.3 is 10.5 Å². The highest BCUT2D eigenvalue weighted by molar-refractivity contribution is 7.18. The number of aromatic nitrogens is 2. The summed E-state index contributed by atoms with van der Waals surface area (Å²) in [6.45, 7) is 4.19. The second-order valence-electron chi connectivity index (χ2n) is 7.62. The van der Waals surface area contributed by atoms with Crippen molar-refractivity contribution in [1.29, 1.82) is 0 Å². The second-order valence-corrected chi connectivity index (χ2v) is 8.70. The average molecular weight is 399 g/mol. The highest BCUT2D eigenvalue weighted by atomic mass is 32.1. The molecule has 2 aromatic heterocycles. The molecule has 7 nitrogen and oxygen atoms in total. The first-order chi connectivity index (χ1) is 13.3. The summed E-state index contributed by atoms with van der Waals surface area (Å²) in [4.78, 5) is 39.4. The largest absolute Gasteiger partial charge is 0.370 e. The van der Waals surface area contributed by atoms with Crippen molar-refractivity contribution < 1.29 is 9.53 Å². The van der Waals surface area contributed by atoms with Crippen LogP contribution in [0.4, 0.5) is 0 Å². The molecule has 0 bridgehead atoms. The molecule has 0 radical (unpaired) electrons. The predicted molar refractivity (Wildman–Crippen MR) is 108 cm³/mol. The van der Waals surface area contributed by atoms with Crippen molar-refractivity contribution in [1.82, 2.24) is 9.13 Å². The average Bonchev–Trinajstić information content (AvgIpc) is 3.00. The fourth-order valence-electron chi connectivity index (χ4n) is 3.60. The van der Waals surface area contributed by atoms with Gasteiger partial charge in [-0.3, -0.25) is 18.7 Å². The summed E-state index contributed by atoms with van der Waals surface area (Å²) in [6, 6.07) is 9.29. The van der Waals surface area contributed by atoms with Gasteiger partial charge in [0.1, 0.15) is 11.4 Å². The Bertz CT molecular complexity index is 1190. The van der Waals surface area contributed by atoms with Gasteiger partial charge in [0.25, 0.3) is 5.56 Å². The Labute approximate surface area is 165 Å². The van der Waals surface area contributed by atoms with E-state index in [9.17, 15) is 14.4 Å². The summed E-state index contributed by atoms with van der Waals surface area (Å²) in [5.74, 6) is -0.628. The van der Waals surface area contributed by atoms with E-state index >= 15 is 0 Å². The third kappa shape index (κ3) is 3.18. The minimum Gasteiger partial charge on any atom is -0.370 e. The summed E-state index contributed by atoms with van der Waals surface area (Å²) < 4.78 is 8.37. The third-order valence-corrected chi connectivity index (χ3v) is 6.16. The maximum Gasteiger partial charge on any atom is 0.332 e. The van der Waals surface area contributed by atoms with Crippen LogP contribution >= 0.6 is 11.3 Å². The lowest BCUT2D eigenvalue weighted by atomic mass is 9.94. The zero-order chi connectivity index (χ0) is 20.1. The van der Waals surface area contributed by atoms with Gasteiger partial charge in [-0.25, -0.2) is 4.79 Å². The first kappa shape index (κ1) is 18.6. The van der Waals surface area contributed by atoms with Crippen LogP contribution in [0, 0.1) is 0 Å². The molecule has 0 unspecified atom stereocenters. The van der Waals surface area contributed by atoms with Crippen molar-refractivity contribution in [2.45, 2.75) is 45.6 Å². The lowest BCUT2D eigenvalue weighted by molar-refractivity contribution is -0.118. The maximum atomic E-state index is 13.3. The molecular weight excluding hydrogens is 378 g/mol. The van der Waals surface area contributed by atoms with E-state index in [1.807, 2.05) is 44.2 Å². The molecule has 1 aliphatic heterocycles. The number of thiophene rings is 1. The number of rotatable bonds is 4. The number of ether oxygens (including phenoxy) is 1. The lowest BCUT2D eigenvalue weighted by Gasteiger charge is -2.29. The number of carbonyl (C=O) groups is 1. The van der Waals surface area contributed by atoms with Gasteiger partial charge in [0.2, 0.25) is 5.91 Å². The summed E-state index contributed by atoms with van der Waals surface area (Å²) in [7, 11) is 0. The predicted octanol–water partition coefficient (Wildman–Crippen LogP) is 1.61. The van der Waals surface area contributed by atoms with E-state index in [0.717, 1.165) is 16.0 Å². The Morgan fingerprint density at radius 3 is 2.61 bits per heavy atom. The van der Waals surface area contributed by atoms with Gasteiger partial charge in [-0.15, -0.1) is 11.3 Å². The van der Waals surface area contributed by atoms with Crippen molar-refractivity contribution in [3.63, 3.8) is 0 Å². The highest BCUT2D eigenvalue weighted by Crippen LogP contribution is 2.37. The molecule has 0 atom stereocenters. The molecule has 1 amide bonds. The van der Waals surface area contributed by atoms with Crippen LogP contribution in [0.25, 0.3) is 10.2 Å². The van der Waals surface area contributed by atoms with Crippen molar-refractivity contribution >= 4 is 27.5 Å². The topological polar surface area (TPSA) is 96.3 Å². The van der Waals surface area contributed by atoms with Gasteiger partial charge in [0, 0.05) is 11.3 Å². The molecule has 1 aliphatic rings. The number of amides is 1. The molecule has 1 aromatic carbocycles. The van der Waals surface area contributed by atoms with Crippen LogP contribution in [0.1, 0.15) is 29.9 Å². The second kappa shape index (κ2) is 6.72. The molecule has 0 fully saturated rings. The van der Waals surface area contributed by atoms with Gasteiger partial charge in [-0.1, -0.05) is 30.3 Å². The zero-order valence-corrected chi connectivity index (χ0v) is 16.5. The van der Waals surface area contributed by atoms with Gasteiger partial charge in [0.05, 0.1) is 24.1 Å². The summed E-state index contributed by atoms with van der Waals surface area (Å²) >= 11 is 1.33.